The number of ether oxygens (including phenoxy) is 2. The minimum atomic E-state index is -0.708. The van der Waals surface area contributed by atoms with Gasteiger partial charge in [0.05, 0.1) is 0 Å². The zero-order valence-corrected chi connectivity index (χ0v) is 18.6. The molecule has 0 saturated heterocycles. The number of fused-ring (bicyclic) bond motifs is 3. The monoisotopic (exact) mass is 409 g/mol. The molecule has 160 valence electrons. The van der Waals surface area contributed by atoms with E-state index in [1.54, 1.807) is 7.05 Å². The number of esters is 1. The number of likely N-dealkylation sites (N-methyl/N-ethyl adjacent to an activating group) is 1. The van der Waals surface area contributed by atoms with Gasteiger partial charge in [-0.05, 0) is 48.9 Å². The Morgan fingerprint density at radius 3 is 1.93 bits per heavy atom. The molecule has 1 atom stereocenters. The van der Waals surface area contributed by atoms with Crippen molar-refractivity contribution in [1.82, 2.24) is 4.90 Å². The third-order valence-electron chi connectivity index (χ3n) is 5.32. The summed E-state index contributed by atoms with van der Waals surface area (Å²) in [6.07, 6.45) is -0.526. The average Bonchev–Trinajstić information content (AvgIpc) is 2.98. The molecule has 1 aliphatic carbocycles. The van der Waals surface area contributed by atoms with Crippen molar-refractivity contribution < 1.29 is 19.1 Å². The van der Waals surface area contributed by atoms with Crippen molar-refractivity contribution in [3.63, 3.8) is 0 Å². The SMILES string of the molecule is CC(C)C(C(=O)OC(C)(C)C)N(C)C(=O)OCC1c2ccccc2-c2ccccc21. The normalized spacial score (nSPS) is 14.1. The molecule has 0 saturated carbocycles. The van der Waals surface area contributed by atoms with Crippen molar-refractivity contribution in [2.24, 2.45) is 5.92 Å². The Bertz CT molecular complexity index is 883. The molecule has 5 heteroatoms. The lowest BCUT2D eigenvalue weighted by Gasteiger charge is -2.31. The van der Waals surface area contributed by atoms with Crippen LogP contribution >= 0.6 is 0 Å². The lowest BCUT2D eigenvalue weighted by Crippen LogP contribution is -2.48. The number of rotatable bonds is 5. The first-order chi connectivity index (χ1) is 14.1. The lowest BCUT2D eigenvalue weighted by molar-refractivity contribution is -0.162. The van der Waals surface area contributed by atoms with Crippen LogP contribution in [0.15, 0.2) is 48.5 Å². The fourth-order valence-corrected chi connectivity index (χ4v) is 4.05. The van der Waals surface area contributed by atoms with E-state index in [-0.39, 0.29) is 18.4 Å². The first-order valence-electron chi connectivity index (χ1n) is 10.4. The first-order valence-corrected chi connectivity index (χ1v) is 10.4. The molecule has 1 aliphatic rings. The maximum absolute atomic E-state index is 12.8. The number of carbonyl (C=O) groups is 2. The Hall–Kier alpha value is -2.82. The Morgan fingerprint density at radius 2 is 1.47 bits per heavy atom. The molecule has 0 N–H and O–H groups in total. The Balaban J connectivity index is 1.74. The molecule has 3 rings (SSSR count). The molecule has 30 heavy (non-hydrogen) atoms. The van der Waals surface area contributed by atoms with Gasteiger partial charge in [0.1, 0.15) is 18.2 Å². The van der Waals surface area contributed by atoms with E-state index in [0.29, 0.717) is 0 Å². The van der Waals surface area contributed by atoms with Gasteiger partial charge in [0.2, 0.25) is 0 Å². The smallest absolute Gasteiger partial charge is 0.410 e. The summed E-state index contributed by atoms with van der Waals surface area (Å²) in [6.45, 7) is 9.45. The highest BCUT2D eigenvalue weighted by Gasteiger charge is 2.35. The van der Waals surface area contributed by atoms with Gasteiger partial charge in [-0.1, -0.05) is 62.4 Å². The number of benzene rings is 2. The van der Waals surface area contributed by atoms with Gasteiger partial charge in [-0.3, -0.25) is 4.90 Å². The summed E-state index contributed by atoms with van der Waals surface area (Å²) in [5, 5.41) is 0. The van der Waals surface area contributed by atoms with E-state index >= 15 is 0 Å². The number of hydrogen-bond donors (Lipinski definition) is 0. The molecule has 0 radical (unpaired) electrons. The molecule has 0 aromatic heterocycles. The van der Waals surface area contributed by atoms with E-state index in [0.717, 1.165) is 11.1 Å². The summed E-state index contributed by atoms with van der Waals surface area (Å²) in [7, 11) is 1.59. The van der Waals surface area contributed by atoms with E-state index in [2.05, 4.69) is 24.3 Å². The zero-order valence-electron chi connectivity index (χ0n) is 18.6. The predicted octanol–water partition coefficient (Wildman–Crippen LogP) is 5.23. The predicted molar refractivity (Wildman–Crippen MR) is 117 cm³/mol. The van der Waals surface area contributed by atoms with Gasteiger partial charge in [-0.25, -0.2) is 9.59 Å². The van der Waals surface area contributed by atoms with Crippen LogP contribution in [0.4, 0.5) is 4.79 Å². The van der Waals surface area contributed by atoms with E-state index < -0.39 is 23.7 Å². The van der Waals surface area contributed by atoms with E-state index in [4.69, 9.17) is 9.47 Å². The van der Waals surface area contributed by atoms with Crippen LogP contribution in [0.2, 0.25) is 0 Å². The minimum absolute atomic E-state index is 0.0197. The molecule has 1 unspecified atom stereocenters. The second kappa shape index (κ2) is 8.50. The highest BCUT2D eigenvalue weighted by atomic mass is 16.6. The second-order valence-corrected chi connectivity index (χ2v) is 9.14. The van der Waals surface area contributed by atoms with Crippen molar-refractivity contribution in [2.45, 2.75) is 52.2 Å². The van der Waals surface area contributed by atoms with Gasteiger partial charge in [0.15, 0.2) is 0 Å². The maximum atomic E-state index is 12.8. The third kappa shape index (κ3) is 4.50. The molecule has 0 spiro atoms. The summed E-state index contributed by atoms with van der Waals surface area (Å²) in [5.41, 5.74) is 4.04. The molecule has 0 aliphatic heterocycles. The van der Waals surface area contributed by atoms with Crippen molar-refractivity contribution in [2.75, 3.05) is 13.7 Å². The largest absolute Gasteiger partial charge is 0.458 e. The van der Waals surface area contributed by atoms with Crippen LogP contribution in [0, 0.1) is 5.92 Å². The molecule has 1 amide bonds. The second-order valence-electron chi connectivity index (χ2n) is 9.14. The molecule has 2 aromatic carbocycles. The summed E-state index contributed by atoms with van der Waals surface area (Å²) in [5.74, 6) is -0.549. The number of hydrogen-bond acceptors (Lipinski definition) is 4. The van der Waals surface area contributed by atoms with E-state index in [1.165, 1.54) is 16.0 Å². The summed E-state index contributed by atoms with van der Waals surface area (Å²) >= 11 is 0. The quantitative estimate of drug-likeness (QED) is 0.634. The van der Waals surface area contributed by atoms with Crippen molar-refractivity contribution in [3.8, 4) is 11.1 Å². The molecular formula is C25H31NO4. The summed E-state index contributed by atoms with van der Waals surface area (Å²) in [4.78, 5) is 26.9. The zero-order chi connectivity index (χ0) is 22.1. The number of carbonyl (C=O) groups excluding carboxylic acids is 2. The molecule has 2 aromatic rings. The van der Waals surface area contributed by atoms with Gasteiger partial charge in [-0.15, -0.1) is 0 Å². The summed E-state index contributed by atoms with van der Waals surface area (Å²) in [6, 6.07) is 15.7. The minimum Gasteiger partial charge on any atom is -0.458 e. The van der Waals surface area contributed by atoms with Crippen LogP contribution in [0.5, 0.6) is 0 Å². The standard InChI is InChI=1S/C25H31NO4/c1-16(2)22(23(27)30-25(3,4)5)26(6)24(28)29-15-21-19-13-9-7-11-17(19)18-12-8-10-14-20(18)21/h7-14,16,21-22H,15H2,1-6H3. The molecular weight excluding hydrogens is 378 g/mol. The van der Waals surface area contributed by atoms with Crippen LogP contribution in [0.25, 0.3) is 11.1 Å². The summed E-state index contributed by atoms with van der Waals surface area (Å²) < 4.78 is 11.2. The first kappa shape index (κ1) is 21.9. The van der Waals surface area contributed by atoms with Gasteiger partial charge in [0.25, 0.3) is 0 Å². The highest BCUT2D eigenvalue weighted by molar-refractivity contribution is 5.82. The van der Waals surface area contributed by atoms with Crippen LogP contribution < -0.4 is 0 Å². The van der Waals surface area contributed by atoms with Crippen LogP contribution in [0.3, 0.4) is 0 Å². The van der Waals surface area contributed by atoms with Crippen molar-refractivity contribution in [1.29, 1.82) is 0 Å². The number of nitrogens with zero attached hydrogens (tertiary/aromatic N) is 1. The third-order valence-corrected chi connectivity index (χ3v) is 5.32. The van der Waals surface area contributed by atoms with E-state index in [1.807, 2.05) is 58.9 Å². The molecule has 5 nitrogen and oxygen atoms in total. The fourth-order valence-electron chi connectivity index (χ4n) is 4.05. The highest BCUT2D eigenvalue weighted by Crippen LogP contribution is 2.44. The topological polar surface area (TPSA) is 55.8 Å². The molecule has 0 fully saturated rings. The van der Waals surface area contributed by atoms with Crippen LogP contribution in [0.1, 0.15) is 51.7 Å². The van der Waals surface area contributed by atoms with Gasteiger partial charge in [0, 0.05) is 13.0 Å². The van der Waals surface area contributed by atoms with Crippen molar-refractivity contribution >= 4 is 12.1 Å². The number of amides is 1. The van der Waals surface area contributed by atoms with E-state index in [9.17, 15) is 9.59 Å². The van der Waals surface area contributed by atoms with Crippen molar-refractivity contribution in [3.05, 3.63) is 59.7 Å². The fraction of sp³-hybridized carbons (Fsp3) is 0.440. The van der Waals surface area contributed by atoms with Gasteiger partial charge in [-0.2, -0.15) is 0 Å². The molecule has 0 bridgehead atoms. The molecule has 0 heterocycles. The maximum Gasteiger partial charge on any atom is 0.410 e. The van der Waals surface area contributed by atoms with Gasteiger partial charge < -0.3 is 9.47 Å². The van der Waals surface area contributed by atoms with Gasteiger partial charge >= 0.3 is 12.1 Å². The average molecular weight is 410 g/mol. The van der Waals surface area contributed by atoms with Crippen LogP contribution in [-0.2, 0) is 14.3 Å². The Morgan fingerprint density at radius 1 is 0.967 bits per heavy atom. The Kier molecular flexibility index (Phi) is 6.20. The lowest BCUT2D eigenvalue weighted by atomic mass is 9.98. The van der Waals surface area contributed by atoms with Crippen LogP contribution in [-0.4, -0.2) is 42.3 Å². The Labute approximate surface area is 179 Å².